The van der Waals surface area contributed by atoms with Gasteiger partial charge in [0.2, 0.25) is 0 Å². The quantitative estimate of drug-likeness (QED) is 0.494. The van der Waals surface area contributed by atoms with E-state index in [-0.39, 0.29) is 5.84 Å². The standard InChI is InChI=1S/C6H9N3S/c1-2-5-9-3-4(10-5)6(7)8/h3H,2H2,1H3,(H3,7,8). The van der Waals surface area contributed by atoms with Crippen LogP contribution in [0.5, 0.6) is 0 Å². The van der Waals surface area contributed by atoms with Crippen LogP contribution in [0, 0.1) is 5.41 Å². The largest absolute Gasteiger partial charge is 0.383 e. The van der Waals surface area contributed by atoms with Gasteiger partial charge in [0, 0.05) is 6.20 Å². The summed E-state index contributed by atoms with van der Waals surface area (Å²) in [6, 6.07) is 0. The van der Waals surface area contributed by atoms with Crippen LogP contribution in [0.15, 0.2) is 6.20 Å². The monoisotopic (exact) mass is 155 g/mol. The topological polar surface area (TPSA) is 62.8 Å². The molecule has 0 atom stereocenters. The van der Waals surface area contributed by atoms with Gasteiger partial charge in [-0.1, -0.05) is 6.92 Å². The summed E-state index contributed by atoms with van der Waals surface area (Å²) in [5, 5.41) is 8.10. The van der Waals surface area contributed by atoms with Crippen LogP contribution in [0.4, 0.5) is 0 Å². The minimum absolute atomic E-state index is 0.109. The van der Waals surface area contributed by atoms with Crippen molar-refractivity contribution in [3.8, 4) is 0 Å². The van der Waals surface area contributed by atoms with Gasteiger partial charge >= 0.3 is 0 Å². The Kier molecular flexibility index (Phi) is 2.01. The molecule has 3 N–H and O–H groups in total. The van der Waals surface area contributed by atoms with Gasteiger partial charge in [-0.15, -0.1) is 11.3 Å². The molecule has 1 aromatic heterocycles. The van der Waals surface area contributed by atoms with Gasteiger partial charge in [-0.2, -0.15) is 0 Å². The normalized spacial score (nSPS) is 9.70. The van der Waals surface area contributed by atoms with Crippen molar-refractivity contribution in [1.29, 1.82) is 5.41 Å². The maximum Gasteiger partial charge on any atom is 0.134 e. The van der Waals surface area contributed by atoms with Gasteiger partial charge in [0.05, 0.1) is 9.88 Å². The fourth-order valence-electron chi connectivity index (χ4n) is 0.598. The number of nitrogens with two attached hydrogens (primary N) is 1. The summed E-state index contributed by atoms with van der Waals surface area (Å²) >= 11 is 1.48. The summed E-state index contributed by atoms with van der Waals surface area (Å²) in [4.78, 5) is 4.81. The molecule has 0 aliphatic carbocycles. The highest BCUT2D eigenvalue weighted by molar-refractivity contribution is 7.13. The molecule has 1 heterocycles. The van der Waals surface area contributed by atoms with Crippen LogP contribution < -0.4 is 5.73 Å². The van der Waals surface area contributed by atoms with Gasteiger partial charge in [-0.05, 0) is 6.42 Å². The lowest BCUT2D eigenvalue weighted by Crippen LogP contribution is -2.08. The van der Waals surface area contributed by atoms with Gasteiger partial charge < -0.3 is 5.73 Å². The van der Waals surface area contributed by atoms with E-state index in [1.54, 1.807) is 6.20 Å². The van der Waals surface area contributed by atoms with E-state index in [1.807, 2.05) is 6.92 Å². The van der Waals surface area contributed by atoms with E-state index in [0.29, 0.717) is 0 Å². The van der Waals surface area contributed by atoms with Crippen molar-refractivity contribution < 1.29 is 0 Å². The third-order valence-electron chi connectivity index (χ3n) is 1.12. The van der Waals surface area contributed by atoms with E-state index in [9.17, 15) is 0 Å². The van der Waals surface area contributed by atoms with Crippen molar-refractivity contribution in [3.05, 3.63) is 16.1 Å². The van der Waals surface area contributed by atoms with Crippen LogP contribution >= 0.6 is 11.3 Å². The molecule has 1 aromatic rings. The second kappa shape index (κ2) is 2.79. The molecule has 4 heteroatoms. The second-order valence-electron chi connectivity index (χ2n) is 1.89. The SMILES string of the molecule is CCc1ncc(C(=N)N)s1. The lowest BCUT2D eigenvalue weighted by Gasteiger charge is -1.85. The molecule has 0 fully saturated rings. The van der Waals surface area contributed by atoms with Crippen LogP contribution in [0.2, 0.25) is 0 Å². The molecule has 0 saturated carbocycles. The fourth-order valence-corrected chi connectivity index (χ4v) is 1.32. The van der Waals surface area contributed by atoms with E-state index in [1.165, 1.54) is 11.3 Å². The summed E-state index contributed by atoms with van der Waals surface area (Å²) in [6.45, 7) is 2.03. The first-order valence-electron chi connectivity index (χ1n) is 3.03. The fraction of sp³-hybridized carbons (Fsp3) is 0.333. The Hall–Kier alpha value is -0.900. The van der Waals surface area contributed by atoms with E-state index < -0.39 is 0 Å². The molecule has 54 valence electrons. The highest BCUT2D eigenvalue weighted by Crippen LogP contribution is 2.11. The van der Waals surface area contributed by atoms with Gasteiger partial charge in [-0.25, -0.2) is 4.98 Å². The molecule has 0 saturated heterocycles. The number of hydrogen-bond acceptors (Lipinski definition) is 3. The van der Waals surface area contributed by atoms with Crippen molar-refractivity contribution in [2.24, 2.45) is 5.73 Å². The average Bonchev–Trinajstić information content (AvgIpc) is 2.34. The Bertz CT molecular complexity index is 241. The zero-order valence-electron chi connectivity index (χ0n) is 5.72. The van der Waals surface area contributed by atoms with Crippen LogP contribution in [0.1, 0.15) is 16.8 Å². The molecule has 0 unspecified atom stereocenters. The van der Waals surface area contributed by atoms with Gasteiger partial charge in [0.1, 0.15) is 5.84 Å². The van der Waals surface area contributed by atoms with Crippen molar-refractivity contribution in [2.75, 3.05) is 0 Å². The summed E-state index contributed by atoms with van der Waals surface area (Å²) in [6.07, 6.45) is 2.56. The number of nitrogens with zero attached hydrogens (tertiary/aromatic N) is 1. The summed E-state index contributed by atoms with van der Waals surface area (Å²) < 4.78 is 0. The Labute approximate surface area is 63.4 Å². The van der Waals surface area contributed by atoms with Crippen molar-refractivity contribution in [1.82, 2.24) is 4.98 Å². The molecule has 10 heavy (non-hydrogen) atoms. The number of nitrogens with one attached hydrogen (secondary N) is 1. The van der Waals surface area contributed by atoms with Crippen molar-refractivity contribution in [2.45, 2.75) is 13.3 Å². The molecule has 1 rings (SSSR count). The first-order chi connectivity index (χ1) is 4.74. The Morgan fingerprint density at radius 1 is 1.90 bits per heavy atom. The van der Waals surface area contributed by atoms with Crippen LogP contribution in [0.25, 0.3) is 0 Å². The number of nitrogen functional groups attached to an aromatic ring is 1. The van der Waals surface area contributed by atoms with E-state index in [0.717, 1.165) is 16.3 Å². The molecule has 0 bridgehead atoms. The predicted molar refractivity (Wildman–Crippen MR) is 42.5 cm³/mol. The van der Waals surface area contributed by atoms with Gasteiger partial charge in [-0.3, -0.25) is 5.41 Å². The molecular formula is C6H9N3S. The lowest BCUT2D eigenvalue weighted by molar-refractivity contribution is 1.09. The minimum atomic E-state index is 0.109. The maximum atomic E-state index is 7.07. The number of hydrogen-bond donors (Lipinski definition) is 2. The molecule has 0 amide bonds. The molecule has 3 nitrogen and oxygen atoms in total. The van der Waals surface area contributed by atoms with E-state index >= 15 is 0 Å². The smallest absolute Gasteiger partial charge is 0.134 e. The molecule has 0 aliphatic rings. The Balaban J connectivity index is 2.88. The summed E-state index contributed by atoms with van der Waals surface area (Å²) in [5.41, 5.74) is 5.24. The van der Waals surface area contributed by atoms with Crippen LogP contribution in [-0.2, 0) is 6.42 Å². The number of thiazole rings is 1. The van der Waals surface area contributed by atoms with Gasteiger partial charge in [0.15, 0.2) is 0 Å². The zero-order chi connectivity index (χ0) is 7.56. The molecule has 0 aromatic carbocycles. The highest BCUT2D eigenvalue weighted by atomic mass is 32.1. The van der Waals surface area contributed by atoms with Crippen molar-refractivity contribution >= 4 is 17.2 Å². The Morgan fingerprint density at radius 2 is 2.60 bits per heavy atom. The first kappa shape index (κ1) is 7.21. The van der Waals surface area contributed by atoms with E-state index in [2.05, 4.69) is 4.98 Å². The predicted octanol–water partition coefficient (Wildman–Crippen LogP) is 0.990. The average molecular weight is 155 g/mol. The molecule has 0 radical (unpaired) electrons. The van der Waals surface area contributed by atoms with Crippen LogP contribution in [0.3, 0.4) is 0 Å². The maximum absolute atomic E-state index is 7.07. The third kappa shape index (κ3) is 1.33. The highest BCUT2D eigenvalue weighted by Gasteiger charge is 2.00. The number of aromatic nitrogens is 1. The second-order valence-corrected chi connectivity index (χ2v) is 3.00. The summed E-state index contributed by atoms with van der Waals surface area (Å²) in [5.74, 6) is 0.109. The van der Waals surface area contributed by atoms with Gasteiger partial charge in [0.25, 0.3) is 0 Å². The van der Waals surface area contributed by atoms with Crippen LogP contribution in [-0.4, -0.2) is 10.8 Å². The molecule has 0 aliphatic heterocycles. The first-order valence-corrected chi connectivity index (χ1v) is 3.84. The zero-order valence-corrected chi connectivity index (χ0v) is 6.53. The number of amidine groups is 1. The number of rotatable bonds is 2. The molecule has 0 spiro atoms. The lowest BCUT2D eigenvalue weighted by atomic mass is 10.5. The van der Waals surface area contributed by atoms with Crippen molar-refractivity contribution in [3.63, 3.8) is 0 Å². The minimum Gasteiger partial charge on any atom is -0.383 e. The molecular weight excluding hydrogens is 146 g/mol. The van der Waals surface area contributed by atoms with E-state index in [4.69, 9.17) is 11.1 Å². The summed E-state index contributed by atoms with van der Waals surface area (Å²) in [7, 11) is 0. The third-order valence-corrected chi connectivity index (χ3v) is 2.30. The Morgan fingerprint density at radius 3 is 2.90 bits per heavy atom. The number of aryl methyl sites for hydroxylation is 1.